The van der Waals surface area contributed by atoms with Gasteiger partial charge in [0, 0.05) is 31.7 Å². The number of carbonyl (C=O) groups excluding carboxylic acids is 1. The average Bonchev–Trinajstić information content (AvgIpc) is 2.99. The van der Waals surface area contributed by atoms with E-state index < -0.39 is 10.0 Å². The van der Waals surface area contributed by atoms with E-state index in [9.17, 15) is 13.2 Å². The largest absolute Gasteiger partial charge is 0.495 e. The van der Waals surface area contributed by atoms with Crippen molar-refractivity contribution < 1.29 is 17.9 Å². The Morgan fingerprint density at radius 3 is 2.55 bits per heavy atom. The molecule has 0 bridgehead atoms. The van der Waals surface area contributed by atoms with Gasteiger partial charge in [-0.2, -0.15) is 0 Å². The number of amides is 1. The van der Waals surface area contributed by atoms with Crippen LogP contribution < -0.4 is 9.46 Å². The minimum absolute atomic E-state index is 0.0119. The summed E-state index contributed by atoms with van der Waals surface area (Å²) in [5.74, 6) is 0.895. The van der Waals surface area contributed by atoms with Crippen molar-refractivity contribution in [1.29, 1.82) is 0 Å². The van der Waals surface area contributed by atoms with Crippen LogP contribution in [0.25, 0.3) is 0 Å². The zero-order valence-corrected chi connectivity index (χ0v) is 18.3. The monoisotopic (exact) mass is 423 g/mol. The maximum Gasteiger partial charge on any atom is 0.253 e. The molecule has 1 aliphatic carbocycles. The number of hydrogen-bond donors (Lipinski definition) is 1. The Labute approximate surface area is 174 Å². The standard InChI is InChI=1S/C21H33N3O4S/c1-22-29(26,27)20-15-18(9-10-19(20)28-2)21(25)24-12-6-11-23(13-14-24)16-17-7-4-3-5-8-17/h9-10,15,17,22H,3-8,11-14,16H2,1-2H3. The van der Waals surface area contributed by atoms with Gasteiger partial charge in [0.1, 0.15) is 10.6 Å². The van der Waals surface area contributed by atoms with Gasteiger partial charge in [0.05, 0.1) is 7.11 Å². The minimum atomic E-state index is -3.71. The third-order valence-corrected chi connectivity index (χ3v) is 7.52. The minimum Gasteiger partial charge on any atom is -0.495 e. The smallest absolute Gasteiger partial charge is 0.253 e. The van der Waals surface area contributed by atoms with Crippen LogP contribution in [0.2, 0.25) is 0 Å². The Bertz CT molecular complexity index is 806. The second-order valence-electron chi connectivity index (χ2n) is 8.02. The van der Waals surface area contributed by atoms with Crippen LogP contribution in [0.3, 0.4) is 0 Å². The van der Waals surface area contributed by atoms with Crippen LogP contribution in [-0.4, -0.2) is 71.0 Å². The normalized spacial score (nSPS) is 19.7. The molecule has 0 unspecified atom stereocenters. The van der Waals surface area contributed by atoms with E-state index in [1.54, 1.807) is 12.1 Å². The zero-order valence-electron chi connectivity index (χ0n) is 17.5. The van der Waals surface area contributed by atoms with Crippen molar-refractivity contribution in [3.63, 3.8) is 0 Å². The van der Waals surface area contributed by atoms with E-state index in [4.69, 9.17) is 4.74 Å². The third-order valence-electron chi connectivity index (χ3n) is 6.09. The van der Waals surface area contributed by atoms with Gasteiger partial charge in [-0.25, -0.2) is 13.1 Å². The molecule has 0 atom stereocenters. The van der Waals surface area contributed by atoms with Gasteiger partial charge in [0.15, 0.2) is 0 Å². The van der Waals surface area contributed by atoms with E-state index in [0.29, 0.717) is 18.7 Å². The molecule has 1 aromatic carbocycles. The molecule has 0 aromatic heterocycles. The SMILES string of the molecule is CNS(=O)(=O)c1cc(C(=O)N2CCCN(CC3CCCCC3)CC2)ccc1OC. The highest BCUT2D eigenvalue weighted by atomic mass is 32.2. The molecule has 0 spiro atoms. The summed E-state index contributed by atoms with van der Waals surface area (Å²) in [7, 11) is -0.950. The van der Waals surface area contributed by atoms with Crippen molar-refractivity contribution in [2.45, 2.75) is 43.4 Å². The van der Waals surface area contributed by atoms with Crippen molar-refractivity contribution in [2.24, 2.45) is 5.92 Å². The fourth-order valence-electron chi connectivity index (χ4n) is 4.40. The summed E-state index contributed by atoms with van der Waals surface area (Å²) >= 11 is 0. The van der Waals surface area contributed by atoms with Gasteiger partial charge in [-0.15, -0.1) is 0 Å². The molecule has 3 rings (SSSR count). The highest BCUT2D eigenvalue weighted by Gasteiger charge is 2.25. The lowest BCUT2D eigenvalue weighted by atomic mass is 9.89. The van der Waals surface area contributed by atoms with Crippen molar-refractivity contribution >= 4 is 15.9 Å². The summed E-state index contributed by atoms with van der Waals surface area (Å²) in [6.07, 6.45) is 7.65. The lowest BCUT2D eigenvalue weighted by molar-refractivity contribution is 0.0759. The number of nitrogens with zero attached hydrogens (tertiary/aromatic N) is 2. The van der Waals surface area contributed by atoms with Gasteiger partial charge in [-0.3, -0.25) is 4.79 Å². The van der Waals surface area contributed by atoms with Crippen LogP contribution in [0.4, 0.5) is 0 Å². The predicted molar refractivity (Wildman–Crippen MR) is 113 cm³/mol. The molecule has 29 heavy (non-hydrogen) atoms. The van der Waals surface area contributed by atoms with Gasteiger partial charge in [0.2, 0.25) is 10.0 Å². The summed E-state index contributed by atoms with van der Waals surface area (Å²) in [6, 6.07) is 4.60. The number of hydrogen-bond acceptors (Lipinski definition) is 5. The first kappa shape index (κ1) is 22.1. The lowest BCUT2D eigenvalue weighted by Gasteiger charge is -2.28. The van der Waals surface area contributed by atoms with Crippen LogP contribution in [0, 0.1) is 5.92 Å². The maximum atomic E-state index is 13.1. The Morgan fingerprint density at radius 2 is 1.86 bits per heavy atom. The van der Waals surface area contributed by atoms with E-state index in [2.05, 4.69) is 9.62 Å². The first-order chi connectivity index (χ1) is 13.9. The lowest BCUT2D eigenvalue weighted by Crippen LogP contribution is -2.37. The molecule has 1 amide bonds. The zero-order chi connectivity index (χ0) is 20.9. The number of methoxy groups -OCH3 is 1. The number of nitrogens with one attached hydrogen (secondary N) is 1. The summed E-state index contributed by atoms with van der Waals surface area (Å²) in [5.41, 5.74) is 0.375. The summed E-state index contributed by atoms with van der Waals surface area (Å²) in [5, 5.41) is 0. The van der Waals surface area contributed by atoms with Crippen LogP contribution in [-0.2, 0) is 10.0 Å². The molecule has 2 aliphatic rings. The average molecular weight is 424 g/mol. The van der Waals surface area contributed by atoms with Gasteiger partial charge in [-0.1, -0.05) is 19.3 Å². The second kappa shape index (κ2) is 9.91. The molecule has 1 aliphatic heterocycles. The van der Waals surface area contributed by atoms with E-state index in [1.165, 1.54) is 52.3 Å². The molecule has 1 aromatic rings. The van der Waals surface area contributed by atoms with Gasteiger partial charge in [0.25, 0.3) is 5.91 Å². The van der Waals surface area contributed by atoms with Crippen LogP contribution in [0.5, 0.6) is 5.75 Å². The van der Waals surface area contributed by atoms with Crippen LogP contribution in [0.15, 0.2) is 23.1 Å². The predicted octanol–water partition coefficient (Wildman–Crippen LogP) is 2.33. The molecule has 1 saturated carbocycles. The second-order valence-corrected chi connectivity index (χ2v) is 9.88. The number of benzene rings is 1. The Kier molecular flexibility index (Phi) is 7.54. The third kappa shape index (κ3) is 5.49. The molecule has 7 nitrogen and oxygen atoms in total. The fourth-order valence-corrected chi connectivity index (χ4v) is 5.32. The van der Waals surface area contributed by atoms with Crippen molar-refractivity contribution in [2.75, 3.05) is 46.9 Å². The summed E-state index contributed by atoms with van der Waals surface area (Å²) in [6.45, 7) is 4.39. The Hall–Kier alpha value is -1.64. The highest BCUT2D eigenvalue weighted by molar-refractivity contribution is 7.89. The van der Waals surface area contributed by atoms with Crippen LogP contribution in [0.1, 0.15) is 48.9 Å². The van der Waals surface area contributed by atoms with Crippen LogP contribution >= 0.6 is 0 Å². The molecule has 162 valence electrons. The number of ether oxygens (including phenoxy) is 1. The number of rotatable bonds is 6. The molecular weight excluding hydrogens is 390 g/mol. The van der Waals surface area contributed by atoms with Crippen molar-refractivity contribution in [1.82, 2.24) is 14.5 Å². The maximum absolute atomic E-state index is 13.1. The highest BCUT2D eigenvalue weighted by Crippen LogP contribution is 2.26. The fraction of sp³-hybridized carbons (Fsp3) is 0.667. The summed E-state index contributed by atoms with van der Waals surface area (Å²) in [4.78, 5) is 17.4. The Balaban J connectivity index is 1.68. The number of sulfonamides is 1. The van der Waals surface area contributed by atoms with E-state index in [-0.39, 0.29) is 16.6 Å². The molecule has 1 saturated heterocycles. The molecule has 8 heteroatoms. The topological polar surface area (TPSA) is 79.0 Å². The van der Waals surface area contributed by atoms with Crippen molar-refractivity contribution in [3.05, 3.63) is 23.8 Å². The quantitative estimate of drug-likeness (QED) is 0.760. The molecule has 1 N–H and O–H groups in total. The van der Waals surface area contributed by atoms with Gasteiger partial charge < -0.3 is 14.5 Å². The number of carbonyl (C=O) groups is 1. The van der Waals surface area contributed by atoms with E-state index in [1.807, 2.05) is 4.90 Å². The van der Waals surface area contributed by atoms with Gasteiger partial charge in [-0.05, 0) is 57.0 Å². The molecule has 2 fully saturated rings. The van der Waals surface area contributed by atoms with E-state index >= 15 is 0 Å². The Morgan fingerprint density at radius 1 is 1.10 bits per heavy atom. The molecular formula is C21H33N3O4S. The van der Waals surface area contributed by atoms with Gasteiger partial charge >= 0.3 is 0 Å². The van der Waals surface area contributed by atoms with E-state index in [0.717, 1.165) is 32.0 Å². The summed E-state index contributed by atoms with van der Waals surface area (Å²) < 4.78 is 32.1. The first-order valence-corrected chi connectivity index (χ1v) is 12.1. The molecule has 0 radical (unpaired) electrons. The molecule has 1 heterocycles. The van der Waals surface area contributed by atoms with Crippen molar-refractivity contribution in [3.8, 4) is 5.75 Å². The first-order valence-electron chi connectivity index (χ1n) is 10.6.